The number of unbranched alkanes of at least 4 members (excludes halogenated alkanes) is 14. The minimum Gasteiger partial charge on any atom is -0.550 e. The van der Waals surface area contributed by atoms with Crippen molar-refractivity contribution in [3.05, 3.63) is 12.2 Å². The topological polar surface area (TPSA) is 115 Å². The van der Waals surface area contributed by atoms with E-state index in [2.05, 4.69) is 19.1 Å². The minimum atomic E-state index is -1.14. The molecule has 0 aromatic carbocycles. The molecular weight excluding hydrogens is 530 g/mol. The molecule has 0 aliphatic heterocycles. The standard InChI is InChI=1S/C35H65NO6/c1-5-9-10-11-12-13-14-15-16-17-18-19-20-21-22-23-24-25-26-36(27-30(6-2)33(37)38,28-31(7-3)34(39)40)29-32(8-4)35(41)42/h17-18,30-32H,5-16,19-29H2,1-4H3,(H2-,37,38,39,40,41,42)/b18-17+. The van der Waals surface area contributed by atoms with Crippen LogP contribution in [0.5, 0.6) is 0 Å². The van der Waals surface area contributed by atoms with Crippen molar-refractivity contribution >= 4 is 17.9 Å². The molecule has 0 aliphatic carbocycles. The van der Waals surface area contributed by atoms with Gasteiger partial charge in [-0.15, -0.1) is 0 Å². The highest BCUT2D eigenvalue weighted by Gasteiger charge is 2.39. The molecule has 2 N–H and O–H groups in total. The Kier molecular flexibility index (Phi) is 24.4. The van der Waals surface area contributed by atoms with Crippen molar-refractivity contribution in [2.24, 2.45) is 17.8 Å². The van der Waals surface area contributed by atoms with E-state index in [1.165, 1.54) is 70.6 Å². The van der Waals surface area contributed by atoms with Gasteiger partial charge < -0.3 is 24.6 Å². The summed E-state index contributed by atoms with van der Waals surface area (Å²) in [5.41, 5.74) is 0. The third kappa shape index (κ3) is 19.3. The highest BCUT2D eigenvalue weighted by Crippen LogP contribution is 2.25. The van der Waals surface area contributed by atoms with E-state index < -0.39 is 35.7 Å². The molecule has 0 saturated carbocycles. The fraction of sp³-hybridized carbons (Fsp3) is 0.857. The first-order valence-corrected chi connectivity index (χ1v) is 17.3. The van der Waals surface area contributed by atoms with Crippen LogP contribution in [-0.4, -0.2) is 58.8 Å². The molecule has 0 spiro atoms. The SMILES string of the molecule is CCCCCCCCCC/C=C/CCCCCCCC[N+](CC(CC)C(=O)[O-])(CC(CC)C(=O)O)CC(CC)C(=O)O. The number of hydrogen-bond donors (Lipinski definition) is 2. The molecule has 0 saturated heterocycles. The molecule has 0 aliphatic rings. The Morgan fingerprint density at radius 2 is 0.929 bits per heavy atom. The predicted molar refractivity (Wildman–Crippen MR) is 170 cm³/mol. The molecule has 0 aromatic heterocycles. The molecule has 0 radical (unpaired) electrons. The molecule has 0 bridgehead atoms. The minimum absolute atomic E-state index is 0.214. The summed E-state index contributed by atoms with van der Waals surface area (Å²) in [6.07, 6.45) is 25.4. The first kappa shape index (κ1) is 40.1. The van der Waals surface area contributed by atoms with Crippen molar-refractivity contribution in [1.82, 2.24) is 0 Å². The van der Waals surface area contributed by atoms with Crippen LogP contribution in [0.15, 0.2) is 12.2 Å². The van der Waals surface area contributed by atoms with Crippen LogP contribution >= 0.6 is 0 Å². The average Bonchev–Trinajstić information content (AvgIpc) is 2.96. The van der Waals surface area contributed by atoms with Crippen molar-refractivity contribution in [2.75, 3.05) is 26.2 Å². The third-order valence-electron chi connectivity index (χ3n) is 8.98. The summed E-state index contributed by atoms with van der Waals surface area (Å²) in [5, 5.41) is 31.5. The molecule has 42 heavy (non-hydrogen) atoms. The monoisotopic (exact) mass is 595 g/mol. The Bertz CT molecular complexity index is 677. The van der Waals surface area contributed by atoms with Crippen molar-refractivity contribution in [1.29, 1.82) is 0 Å². The summed E-state index contributed by atoms with van der Waals surface area (Å²) in [6.45, 7) is 9.02. The maximum Gasteiger partial charge on any atom is 0.312 e. The molecule has 0 heterocycles. The van der Waals surface area contributed by atoms with Crippen molar-refractivity contribution in [3.63, 3.8) is 0 Å². The second-order valence-corrected chi connectivity index (χ2v) is 12.6. The number of hydrogen-bond acceptors (Lipinski definition) is 4. The van der Waals surface area contributed by atoms with E-state index in [9.17, 15) is 29.7 Å². The molecule has 7 nitrogen and oxygen atoms in total. The van der Waals surface area contributed by atoms with Gasteiger partial charge >= 0.3 is 11.9 Å². The summed E-state index contributed by atoms with van der Waals surface area (Å²) in [6, 6.07) is 0. The predicted octanol–water partition coefficient (Wildman–Crippen LogP) is 7.62. The maximum atomic E-state index is 12.0. The van der Waals surface area contributed by atoms with Gasteiger partial charge in [-0.05, 0) is 57.8 Å². The molecule has 246 valence electrons. The van der Waals surface area contributed by atoms with Gasteiger partial charge in [-0.25, -0.2) is 0 Å². The fourth-order valence-electron chi connectivity index (χ4n) is 6.08. The van der Waals surface area contributed by atoms with Crippen LogP contribution in [0.3, 0.4) is 0 Å². The van der Waals surface area contributed by atoms with Gasteiger partial charge in [-0.2, -0.15) is 0 Å². The number of nitrogens with zero attached hydrogens (tertiary/aromatic N) is 1. The van der Waals surface area contributed by atoms with Gasteiger partial charge in [0.1, 0.15) is 11.8 Å². The number of aliphatic carboxylic acids is 3. The van der Waals surface area contributed by atoms with E-state index in [4.69, 9.17) is 0 Å². The average molecular weight is 596 g/mol. The lowest BCUT2D eigenvalue weighted by Crippen LogP contribution is -2.59. The van der Waals surface area contributed by atoms with Gasteiger partial charge in [-0.3, -0.25) is 9.59 Å². The second kappa shape index (κ2) is 25.6. The van der Waals surface area contributed by atoms with Crippen LogP contribution in [0.2, 0.25) is 0 Å². The highest BCUT2D eigenvalue weighted by atomic mass is 16.4. The number of quaternary nitrogens is 1. The number of rotatable bonds is 30. The van der Waals surface area contributed by atoms with Gasteiger partial charge in [0.2, 0.25) is 0 Å². The van der Waals surface area contributed by atoms with Crippen LogP contribution in [0.4, 0.5) is 0 Å². The van der Waals surface area contributed by atoms with Crippen molar-refractivity contribution < 1.29 is 34.2 Å². The van der Waals surface area contributed by atoms with E-state index >= 15 is 0 Å². The smallest absolute Gasteiger partial charge is 0.312 e. The molecule has 0 rings (SSSR count). The summed E-state index contributed by atoms with van der Waals surface area (Å²) in [4.78, 5) is 35.8. The van der Waals surface area contributed by atoms with Gasteiger partial charge in [0, 0.05) is 5.92 Å². The molecule has 3 atom stereocenters. The normalized spacial score (nSPS) is 15.3. The van der Waals surface area contributed by atoms with E-state index in [1.807, 2.05) is 13.8 Å². The lowest BCUT2D eigenvalue weighted by Gasteiger charge is -2.44. The first-order chi connectivity index (χ1) is 20.2. The molecule has 3 unspecified atom stereocenters. The Morgan fingerprint density at radius 1 is 0.571 bits per heavy atom. The maximum absolute atomic E-state index is 12.0. The van der Waals surface area contributed by atoms with Crippen LogP contribution in [0.1, 0.15) is 150 Å². The van der Waals surface area contributed by atoms with Crippen molar-refractivity contribution in [2.45, 2.75) is 150 Å². The zero-order chi connectivity index (χ0) is 31.6. The third-order valence-corrected chi connectivity index (χ3v) is 8.98. The largest absolute Gasteiger partial charge is 0.550 e. The Hall–Kier alpha value is -1.89. The van der Waals surface area contributed by atoms with E-state index in [0.717, 1.165) is 32.1 Å². The summed E-state index contributed by atoms with van der Waals surface area (Å²) in [7, 11) is 0. The van der Waals surface area contributed by atoms with Crippen LogP contribution in [0, 0.1) is 17.8 Å². The lowest BCUT2D eigenvalue weighted by molar-refractivity contribution is -0.935. The Labute approximate surface area is 257 Å². The summed E-state index contributed by atoms with van der Waals surface area (Å²) < 4.78 is 0.214. The number of carboxylic acids is 3. The van der Waals surface area contributed by atoms with Gasteiger partial charge in [0.05, 0.1) is 32.1 Å². The molecule has 0 aromatic rings. The van der Waals surface area contributed by atoms with E-state index in [-0.39, 0.29) is 24.1 Å². The van der Waals surface area contributed by atoms with Crippen LogP contribution in [-0.2, 0) is 14.4 Å². The molecular formula is C35H65NO6. The van der Waals surface area contributed by atoms with Gasteiger partial charge in [-0.1, -0.05) is 104 Å². The number of carbonyl (C=O) groups is 3. The second-order valence-electron chi connectivity index (χ2n) is 12.6. The summed E-state index contributed by atoms with van der Waals surface area (Å²) >= 11 is 0. The fourth-order valence-corrected chi connectivity index (χ4v) is 6.08. The zero-order valence-corrected chi connectivity index (χ0v) is 27.6. The molecule has 0 fully saturated rings. The van der Waals surface area contributed by atoms with Crippen LogP contribution < -0.4 is 5.11 Å². The highest BCUT2D eigenvalue weighted by molar-refractivity contribution is 5.70. The molecule has 7 heteroatoms. The quantitative estimate of drug-likeness (QED) is 0.0501. The first-order valence-electron chi connectivity index (χ1n) is 17.3. The number of carboxylic acid groups (broad SMARTS) is 3. The summed E-state index contributed by atoms with van der Waals surface area (Å²) in [5.74, 6) is -4.96. The van der Waals surface area contributed by atoms with E-state index in [1.54, 1.807) is 6.92 Å². The number of allylic oxidation sites excluding steroid dienone is 2. The Balaban J connectivity index is 4.74. The zero-order valence-electron chi connectivity index (χ0n) is 27.6. The Morgan fingerprint density at radius 3 is 1.29 bits per heavy atom. The van der Waals surface area contributed by atoms with Crippen LogP contribution in [0.25, 0.3) is 0 Å². The van der Waals surface area contributed by atoms with E-state index in [0.29, 0.717) is 25.8 Å². The van der Waals surface area contributed by atoms with Gasteiger partial charge in [0.25, 0.3) is 0 Å². The molecule has 0 amide bonds. The van der Waals surface area contributed by atoms with Gasteiger partial charge in [0.15, 0.2) is 0 Å². The number of carbonyl (C=O) groups excluding carboxylic acids is 1. The lowest BCUT2D eigenvalue weighted by atomic mass is 9.95. The van der Waals surface area contributed by atoms with Crippen molar-refractivity contribution in [3.8, 4) is 0 Å².